The third kappa shape index (κ3) is 5.54. The van der Waals surface area contributed by atoms with Crippen LogP contribution in [0.5, 0.6) is 0 Å². The van der Waals surface area contributed by atoms with Crippen molar-refractivity contribution in [2.75, 3.05) is 17.6 Å². The van der Waals surface area contributed by atoms with Crippen molar-refractivity contribution >= 4 is 32.7 Å². The summed E-state index contributed by atoms with van der Waals surface area (Å²) >= 11 is 0. The zero-order valence-electron chi connectivity index (χ0n) is 19.4. The second-order valence-corrected chi connectivity index (χ2v) is 11.0. The van der Waals surface area contributed by atoms with Gasteiger partial charge in [-0.05, 0) is 51.3 Å². The van der Waals surface area contributed by atoms with Crippen molar-refractivity contribution in [2.24, 2.45) is 0 Å². The number of nitrogens with one attached hydrogen (secondary N) is 2. The highest BCUT2D eigenvalue weighted by molar-refractivity contribution is 7.92. The van der Waals surface area contributed by atoms with E-state index in [0.717, 1.165) is 24.1 Å². The molecule has 8 nitrogen and oxygen atoms in total. The van der Waals surface area contributed by atoms with E-state index in [-0.39, 0.29) is 17.6 Å². The van der Waals surface area contributed by atoms with E-state index in [4.69, 9.17) is 4.74 Å². The first-order valence-corrected chi connectivity index (χ1v) is 12.9. The van der Waals surface area contributed by atoms with Crippen molar-refractivity contribution in [2.45, 2.75) is 51.8 Å². The van der Waals surface area contributed by atoms with Crippen LogP contribution in [0.2, 0.25) is 0 Å². The minimum absolute atomic E-state index is 0.0329. The standard InChI is InChI=1S/C24H30N4O4S/c1-16-25-21-13-19(27-33(4,30)31)12-20(22(21)28(16)15-17-8-6-5-7-9-17)23(29)26-18-10-11-32-24(2,3)14-18/h5-9,12-13,18,27H,10-11,14-15H2,1-4H3,(H,26,29). The zero-order chi connectivity index (χ0) is 23.8. The SMILES string of the molecule is Cc1nc2cc(NS(C)(=O)=O)cc(C(=O)NC3CCOC(C)(C)C3)c2n1Cc1ccccc1. The van der Waals surface area contributed by atoms with Gasteiger partial charge in [-0.15, -0.1) is 0 Å². The van der Waals surface area contributed by atoms with Gasteiger partial charge in [-0.2, -0.15) is 0 Å². The Morgan fingerprint density at radius 1 is 1.24 bits per heavy atom. The molecule has 1 fully saturated rings. The number of aromatic nitrogens is 2. The number of amides is 1. The van der Waals surface area contributed by atoms with Crippen LogP contribution in [0.25, 0.3) is 11.0 Å². The number of carbonyl (C=O) groups is 1. The molecule has 1 aliphatic rings. The predicted octanol–water partition coefficient (Wildman–Crippen LogP) is 3.45. The monoisotopic (exact) mass is 470 g/mol. The quantitative estimate of drug-likeness (QED) is 0.575. The molecule has 1 saturated heterocycles. The number of rotatable bonds is 6. The van der Waals surface area contributed by atoms with Crippen LogP contribution in [0.1, 0.15) is 48.4 Å². The van der Waals surface area contributed by atoms with E-state index in [1.165, 1.54) is 0 Å². The zero-order valence-corrected chi connectivity index (χ0v) is 20.2. The summed E-state index contributed by atoms with van der Waals surface area (Å²) in [5.74, 6) is 0.487. The molecule has 2 heterocycles. The lowest BCUT2D eigenvalue weighted by atomic mass is 9.93. The molecule has 1 aliphatic heterocycles. The molecule has 1 aromatic heterocycles. The smallest absolute Gasteiger partial charge is 0.253 e. The van der Waals surface area contributed by atoms with E-state index in [1.807, 2.05) is 55.7 Å². The summed E-state index contributed by atoms with van der Waals surface area (Å²) in [5, 5.41) is 3.14. The van der Waals surface area contributed by atoms with Crippen molar-refractivity contribution < 1.29 is 17.9 Å². The average molecular weight is 471 g/mol. The van der Waals surface area contributed by atoms with Crippen LogP contribution in [0.15, 0.2) is 42.5 Å². The number of imidazole rings is 1. The maximum Gasteiger partial charge on any atom is 0.253 e. The van der Waals surface area contributed by atoms with E-state index in [2.05, 4.69) is 15.0 Å². The number of carbonyl (C=O) groups excluding carboxylic acids is 1. The highest BCUT2D eigenvalue weighted by atomic mass is 32.2. The molecular formula is C24H30N4O4S. The molecule has 0 spiro atoms. The van der Waals surface area contributed by atoms with Crippen LogP contribution in [0.4, 0.5) is 5.69 Å². The van der Waals surface area contributed by atoms with E-state index in [9.17, 15) is 13.2 Å². The number of sulfonamides is 1. The van der Waals surface area contributed by atoms with Crippen LogP contribution in [0.3, 0.4) is 0 Å². The van der Waals surface area contributed by atoms with Crippen molar-refractivity contribution in [1.82, 2.24) is 14.9 Å². The molecule has 4 rings (SSSR count). The summed E-state index contributed by atoms with van der Waals surface area (Å²) in [5.41, 5.74) is 2.72. The van der Waals surface area contributed by atoms with E-state index < -0.39 is 10.0 Å². The Kier molecular flexibility index (Phi) is 6.20. The van der Waals surface area contributed by atoms with Crippen molar-refractivity contribution in [3.05, 3.63) is 59.4 Å². The predicted molar refractivity (Wildman–Crippen MR) is 129 cm³/mol. The second kappa shape index (κ2) is 8.79. The van der Waals surface area contributed by atoms with Gasteiger partial charge in [0, 0.05) is 19.2 Å². The van der Waals surface area contributed by atoms with Crippen LogP contribution in [-0.4, -0.2) is 48.4 Å². The fourth-order valence-corrected chi connectivity index (χ4v) is 4.95. The van der Waals surface area contributed by atoms with Crippen LogP contribution >= 0.6 is 0 Å². The van der Waals surface area contributed by atoms with Crippen LogP contribution in [0, 0.1) is 6.92 Å². The molecule has 9 heteroatoms. The molecular weight excluding hydrogens is 440 g/mol. The number of anilines is 1. The normalized spacial score (nSPS) is 18.2. The Hall–Kier alpha value is -2.91. The molecule has 33 heavy (non-hydrogen) atoms. The molecule has 0 aliphatic carbocycles. The molecule has 3 aromatic rings. The summed E-state index contributed by atoms with van der Waals surface area (Å²) in [6, 6.07) is 13.2. The van der Waals surface area contributed by atoms with Gasteiger partial charge in [0.1, 0.15) is 5.82 Å². The topological polar surface area (TPSA) is 102 Å². The summed E-state index contributed by atoms with van der Waals surface area (Å²) < 4.78 is 34.0. The van der Waals surface area contributed by atoms with Gasteiger partial charge in [0.2, 0.25) is 10.0 Å². The minimum atomic E-state index is -3.52. The van der Waals surface area contributed by atoms with Gasteiger partial charge in [-0.25, -0.2) is 13.4 Å². The minimum Gasteiger partial charge on any atom is -0.375 e. The van der Waals surface area contributed by atoms with Gasteiger partial charge in [-0.3, -0.25) is 9.52 Å². The number of hydrogen-bond acceptors (Lipinski definition) is 5. The van der Waals surface area contributed by atoms with Gasteiger partial charge in [0.25, 0.3) is 5.91 Å². The fraction of sp³-hybridized carbons (Fsp3) is 0.417. The number of hydrogen-bond donors (Lipinski definition) is 2. The third-order valence-corrected chi connectivity index (χ3v) is 6.40. The van der Waals surface area contributed by atoms with Gasteiger partial charge in [0.05, 0.1) is 34.1 Å². The molecule has 2 aromatic carbocycles. The molecule has 1 amide bonds. The lowest BCUT2D eigenvalue weighted by molar-refractivity contribution is -0.0615. The molecule has 176 valence electrons. The first-order chi connectivity index (χ1) is 15.5. The first kappa shape index (κ1) is 23.3. The molecule has 1 atom stereocenters. The highest BCUT2D eigenvalue weighted by Gasteiger charge is 2.30. The van der Waals surface area contributed by atoms with Crippen LogP contribution in [-0.2, 0) is 21.3 Å². The molecule has 0 saturated carbocycles. The number of benzene rings is 2. The number of ether oxygens (including phenoxy) is 1. The molecule has 2 N–H and O–H groups in total. The van der Waals surface area contributed by atoms with Gasteiger partial charge in [0.15, 0.2) is 0 Å². The average Bonchev–Trinajstić information content (AvgIpc) is 3.01. The Balaban J connectivity index is 1.77. The van der Waals surface area contributed by atoms with Crippen molar-refractivity contribution in [1.29, 1.82) is 0 Å². The summed E-state index contributed by atoms with van der Waals surface area (Å²) in [6.45, 7) is 7.03. The number of nitrogens with zero attached hydrogens (tertiary/aromatic N) is 2. The maximum absolute atomic E-state index is 13.5. The Bertz CT molecular complexity index is 1280. The summed E-state index contributed by atoms with van der Waals surface area (Å²) in [4.78, 5) is 18.1. The fourth-order valence-electron chi connectivity index (χ4n) is 4.41. The molecule has 1 unspecified atom stereocenters. The lowest BCUT2D eigenvalue weighted by Gasteiger charge is -2.35. The van der Waals surface area contributed by atoms with Gasteiger partial charge >= 0.3 is 0 Å². The van der Waals surface area contributed by atoms with Crippen molar-refractivity contribution in [3.63, 3.8) is 0 Å². The Morgan fingerprint density at radius 2 is 1.97 bits per heavy atom. The summed E-state index contributed by atoms with van der Waals surface area (Å²) in [6.07, 6.45) is 2.51. The van der Waals surface area contributed by atoms with E-state index >= 15 is 0 Å². The van der Waals surface area contributed by atoms with Gasteiger partial charge in [-0.1, -0.05) is 30.3 Å². The molecule has 0 bridgehead atoms. The Morgan fingerprint density at radius 3 is 2.64 bits per heavy atom. The summed E-state index contributed by atoms with van der Waals surface area (Å²) in [7, 11) is -3.52. The largest absolute Gasteiger partial charge is 0.375 e. The first-order valence-electron chi connectivity index (χ1n) is 11.0. The van der Waals surface area contributed by atoms with Gasteiger partial charge < -0.3 is 14.6 Å². The van der Waals surface area contributed by atoms with Crippen LogP contribution < -0.4 is 10.0 Å². The van der Waals surface area contributed by atoms with Crippen molar-refractivity contribution in [3.8, 4) is 0 Å². The maximum atomic E-state index is 13.5. The third-order valence-electron chi connectivity index (χ3n) is 5.80. The second-order valence-electron chi connectivity index (χ2n) is 9.27. The highest BCUT2D eigenvalue weighted by Crippen LogP contribution is 2.28. The number of aryl methyl sites for hydroxylation is 1. The Labute approximate surface area is 194 Å². The van der Waals surface area contributed by atoms with E-state index in [1.54, 1.807) is 12.1 Å². The molecule has 0 radical (unpaired) electrons. The number of fused-ring (bicyclic) bond motifs is 1. The lowest BCUT2D eigenvalue weighted by Crippen LogP contribution is -2.45. The van der Waals surface area contributed by atoms with E-state index in [0.29, 0.717) is 41.9 Å².